The van der Waals surface area contributed by atoms with E-state index in [0.29, 0.717) is 0 Å². The summed E-state index contributed by atoms with van der Waals surface area (Å²) in [4.78, 5) is 10.7. The summed E-state index contributed by atoms with van der Waals surface area (Å²) in [5.74, 6) is 0. The summed E-state index contributed by atoms with van der Waals surface area (Å²) in [6.07, 6.45) is 0. The molecule has 0 heterocycles. The predicted molar refractivity (Wildman–Crippen MR) is 66.9 cm³/mol. The zero-order valence-corrected chi connectivity index (χ0v) is 8.98. The number of carbonyl (C=O) groups is 1. The normalized spacial score (nSPS) is 10.9. The van der Waals surface area contributed by atoms with Gasteiger partial charge in [-0.3, -0.25) is 4.79 Å². The maximum Gasteiger partial charge on any atom is 0.332 e. The van der Waals surface area contributed by atoms with Crippen LogP contribution in [0.5, 0.6) is 0 Å². The van der Waals surface area contributed by atoms with E-state index in [2.05, 4.69) is 0 Å². The average Bonchev–Trinajstić information content (AvgIpc) is 2.35. The highest BCUT2D eigenvalue weighted by Gasteiger charge is 2.05. The molecule has 0 bridgehead atoms. The van der Waals surface area contributed by atoms with Crippen molar-refractivity contribution in [3.63, 3.8) is 0 Å². The Hall–Kier alpha value is -2.22. The topological polar surface area (TPSA) is 17.1 Å². The molecule has 0 fully saturated rings. The number of hydrogen-bond donors (Lipinski definition) is 0. The van der Waals surface area contributed by atoms with E-state index >= 15 is 0 Å². The number of halogens is 1. The Bertz CT molecular complexity index is 731. The van der Waals surface area contributed by atoms with E-state index in [-0.39, 0.29) is 5.56 Å². The van der Waals surface area contributed by atoms with Gasteiger partial charge < -0.3 is 0 Å². The quantitative estimate of drug-likeness (QED) is 0.449. The van der Waals surface area contributed by atoms with Gasteiger partial charge in [0.2, 0.25) is 0 Å². The molecule has 3 aromatic rings. The van der Waals surface area contributed by atoms with Crippen LogP contribution in [0, 0.1) is 0 Å². The van der Waals surface area contributed by atoms with Gasteiger partial charge in [-0.2, -0.15) is 4.39 Å². The highest BCUT2D eigenvalue weighted by atomic mass is 19.1. The van der Waals surface area contributed by atoms with Crippen LogP contribution < -0.4 is 0 Å². The third-order valence-electron chi connectivity index (χ3n) is 2.93. The molecule has 82 valence electrons. The molecule has 0 amide bonds. The molecular weight excluding hydrogens is 215 g/mol. The first-order valence-electron chi connectivity index (χ1n) is 5.36. The molecular formula is C15H9FO. The van der Waals surface area contributed by atoms with Crippen molar-refractivity contribution in [2.75, 3.05) is 0 Å². The van der Waals surface area contributed by atoms with E-state index in [1.54, 1.807) is 12.1 Å². The second-order valence-electron chi connectivity index (χ2n) is 4.03. The zero-order chi connectivity index (χ0) is 11.8. The Labute approximate surface area is 97.5 Å². The lowest BCUT2D eigenvalue weighted by Crippen LogP contribution is -1.89. The molecule has 0 aliphatic rings. The lowest BCUT2D eigenvalue weighted by Gasteiger charge is -2.03. The van der Waals surface area contributed by atoms with Gasteiger partial charge in [-0.1, -0.05) is 30.3 Å². The summed E-state index contributed by atoms with van der Waals surface area (Å²) in [6.45, 7) is 0. The van der Waals surface area contributed by atoms with Gasteiger partial charge in [-0.25, -0.2) is 0 Å². The third-order valence-corrected chi connectivity index (χ3v) is 2.93. The highest BCUT2D eigenvalue weighted by Crippen LogP contribution is 2.23. The van der Waals surface area contributed by atoms with Crippen LogP contribution in [0.1, 0.15) is 10.4 Å². The van der Waals surface area contributed by atoms with E-state index in [0.717, 1.165) is 21.5 Å². The van der Waals surface area contributed by atoms with Gasteiger partial charge in [0.1, 0.15) is 0 Å². The maximum absolute atomic E-state index is 12.6. The Morgan fingerprint density at radius 1 is 0.765 bits per heavy atom. The van der Waals surface area contributed by atoms with Gasteiger partial charge in [0.15, 0.2) is 0 Å². The van der Waals surface area contributed by atoms with Crippen LogP contribution in [0.3, 0.4) is 0 Å². The van der Waals surface area contributed by atoms with Gasteiger partial charge in [0.05, 0.1) is 5.56 Å². The minimum Gasteiger partial charge on any atom is -0.255 e. The number of hydrogen-bond acceptors (Lipinski definition) is 1. The minimum atomic E-state index is -1.39. The first-order valence-corrected chi connectivity index (χ1v) is 5.36. The van der Waals surface area contributed by atoms with Crippen LogP contribution in [0.25, 0.3) is 21.5 Å². The van der Waals surface area contributed by atoms with Crippen LogP contribution in [0.2, 0.25) is 0 Å². The predicted octanol–water partition coefficient (Wildman–Crippen LogP) is 4.10. The van der Waals surface area contributed by atoms with E-state index in [1.165, 1.54) is 6.07 Å². The fourth-order valence-corrected chi connectivity index (χ4v) is 2.06. The molecule has 0 saturated carbocycles. The van der Waals surface area contributed by atoms with Gasteiger partial charge in [0.25, 0.3) is 0 Å². The summed E-state index contributed by atoms with van der Waals surface area (Å²) < 4.78 is 12.6. The Morgan fingerprint density at radius 3 is 2.00 bits per heavy atom. The van der Waals surface area contributed by atoms with Gasteiger partial charge in [-0.05, 0) is 45.8 Å². The molecule has 2 heteroatoms. The molecule has 0 atom stereocenters. The van der Waals surface area contributed by atoms with E-state index in [1.807, 2.05) is 36.4 Å². The van der Waals surface area contributed by atoms with Crippen molar-refractivity contribution < 1.29 is 9.18 Å². The van der Waals surface area contributed by atoms with Crippen LogP contribution >= 0.6 is 0 Å². The van der Waals surface area contributed by atoms with Crippen LogP contribution in [0.4, 0.5) is 4.39 Å². The van der Waals surface area contributed by atoms with Gasteiger partial charge >= 0.3 is 6.04 Å². The molecule has 0 aliphatic heterocycles. The second kappa shape index (κ2) is 3.67. The average molecular weight is 224 g/mol. The summed E-state index contributed by atoms with van der Waals surface area (Å²) in [5, 5.41) is 4.11. The van der Waals surface area contributed by atoms with Crippen LogP contribution in [0.15, 0.2) is 54.6 Å². The zero-order valence-electron chi connectivity index (χ0n) is 8.98. The van der Waals surface area contributed by atoms with Crippen molar-refractivity contribution in [1.82, 2.24) is 0 Å². The molecule has 0 saturated heterocycles. The number of carbonyl (C=O) groups excluding carboxylic acids is 1. The van der Waals surface area contributed by atoms with Crippen molar-refractivity contribution in [3.05, 3.63) is 60.2 Å². The molecule has 0 radical (unpaired) electrons. The second-order valence-corrected chi connectivity index (χ2v) is 4.03. The largest absolute Gasteiger partial charge is 0.332 e. The Kier molecular flexibility index (Phi) is 2.15. The van der Waals surface area contributed by atoms with Gasteiger partial charge in [0, 0.05) is 0 Å². The number of rotatable bonds is 1. The lowest BCUT2D eigenvalue weighted by atomic mass is 10.0. The molecule has 0 unspecified atom stereocenters. The lowest BCUT2D eigenvalue weighted by molar-refractivity contribution is 0.0836. The maximum atomic E-state index is 12.6. The molecule has 0 spiro atoms. The van der Waals surface area contributed by atoms with Crippen molar-refractivity contribution >= 4 is 27.6 Å². The first-order chi connectivity index (χ1) is 8.24. The Morgan fingerprint density at radius 2 is 1.35 bits per heavy atom. The third kappa shape index (κ3) is 1.68. The molecule has 1 nitrogen and oxygen atoms in total. The number of fused-ring (bicyclic) bond motifs is 2. The smallest absolute Gasteiger partial charge is 0.255 e. The van der Waals surface area contributed by atoms with Crippen molar-refractivity contribution in [3.8, 4) is 0 Å². The first kappa shape index (κ1) is 9.97. The molecule has 17 heavy (non-hydrogen) atoms. The molecule has 3 aromatic carbocycles. The van der Waals surface area contributed by atoms with Crippen molar-refractivity contribution in [2.45, 2.75) is 0 Å². The standard InChI is InChI=1S/C15H9FO/c16-15(17)13-6-5-12-7-10-3-1-2-4-11(10)8-14(12)9-13/h1-9H. The van der Waals surface area contributed by atoms with E-state index in [4.69, 9.17) is 0 Å². The number of benzene rings is 3. The molecule has 3 rings (SSSR count). The molecule has 0 aliphatic carbocycles. The summed E-state index contributed by atoms with van der Waals surface area (Å²) in [6, 6.07) is 15.5. The van der Waals surface area contributed by atoms with Crippen molar-refractivity contribution in [2.24, 2.45) is 0 Å². The molecule has 0 N–H and O–H groups in total. The minimum absolute atomic E-state index is 0.104. The monoisotopic (exact) mass is 224 g/mol. The summed E-state index contributed by atoms with van der Waals surface area (Å²) >= 11 is 0. The van der Waals surface area contributed by atoms with Crippen LogP contribution in [-0.2, 0) is 0 Å². The van der Waals surface area contributed by atoms with E-state index in [9.17, 15) is 9.18 Å². The SMILES string of the molecule is O=C(F)c1ccc2cc3ccccc3cc2c1. The fourth-order valence-electron chi connectivity index (χ4n) is 2.06. The van der Waals surface area contributed by atoms with Crippen LogP contribution in [-0.4, -0.2) is 6.04 Å². The summed E-state index contributed by atoms with van der Waals surface area (Å²) in [7, 11) is 0. The molecule has 0 aromatic heterocycles. The van der Waals surface area contributed by atoms with E-state index < -0.39 is 6.04 Å². The highest BCUT2D eigenvalue weighted by molar-refractivity contribution is 6.01. The van der Waals surface area contributed by atoms with Gasteiger partial charge in [-0.15, -0.1) is 0 Å². The summed E-state index contributed by atoms with van der Waals surface area (Å²) in [5.41, 5.74) is 0.104. The fraction of sp³-hybridized carbons (Fsp3) is 0. The Balaban J connectivity index is 2.36. The van der Waals surface area contributed by atoms with Crippen molar-refractivity contribution in [1.29, 1.82) is 0 Å².